The predicted octanol–water partition coefficient (Wildman–Crippen LogP) is 2.25. The normalized spacial score (nSPS) is 21.6. The molecule has 2 aliphatic heterocycles. The summed E-state index contributed by atoms with van der Waals surface area (Å²) in [6, 6.07) is 4.81. The maximum atomic E-state index is 5.65. The van der Waals surface area contributed by atoms with Gasteiger partial charge in [-0.25, -0.2) is 0 Å². The molecule has 104 valence electrons. The van der Waals surface area contributed by atoms with E-state index in [0.717, 1.165) is 30.0 Å². The maximum absolute atomic E-state index is 5.65. The molecule has 4 heteroatoms. The summed E-state index contributed by atoms with van der Waals surface area (Å²) in [5.74, 6) is 1.79. The van der Waals surface area contributed by atoms with Gasteiger partial charge in [0.15, 0.2) is 11.5 Å². The third kappa shape index (κ3) is 2.69. The predicted molar refractivity (Wildman–Crippen MR) is 72.6 cm³/mol. The molecule has 1 unspecified atom stereocenters. The van der Waals surface area contributed by atoms with Crippen molar-refractivity contribution in [3.63, 3.8) is 0 Å². The van der Waals surface area contributed by atoms with Crippen LogP contribution in [0, 0.1) is 0 Å². The smallest absolute Gasteiger partial charge is 0.231 e. The van der Waals surface area contributed by atoms with E-state index in [1.165, 1.54) is 24.8 Å². The molecule has 1 aromatic rings. The largest absolute Gasteiger partial charge is 0.453 e. The topological polar surface area (TPSA) is 39.7 Å². The molecule has 0 radical (unpaired) electrons. The molecule has 1 fully saturated rings. The van der Waals surface area contributed by atoms with Gasteiger partial charge in [0.1, 0.15) is 0 Å². The number of benzene rings is 1. The van der Waals surface area contributed by atoms with E-state index in [4.69, 9.17) is 14.2 Å². The van der Waals surface area contributed by atoms with Crippen molar-refractivity contribution in [2.24, 2.45) is 0 Å². The Morgan fingerprint density at radius 3 is 2.74 bits per heavy atom. The highest BCUT2D eigenvalue weighted by atomic mass is 16.7. The Morgan fingerprint density at radius 1 is 1.21 bits per heavy atom. The van der Waals surface area contributed by atoms with Gasteiger partial charge in [-0.3, -0.25) is 0 Å². The fourth-order valence-corrected chi connectivity index (χ4v) is 2.90. The summed E-state index contributed by atoms with van der Waals surface area (Å²) >= 11 is 0. The van der Waals surface area contributed by atoms with Crippen LogP contribution in [-0.4, -0.2) is 26.5 Å². The third-order valence-corrected chi connectivity index (χ3v) is 3.86. The maximum Gasteiger partial charge on any atom is 0.231 e. The van der Waals surface area contributed by atoms with Crippen LogP contribution in [0.15, 0.2) is 12.1 Å². The quantitative estimate of drug-likeness (QED) is 0.904. The lowest BCUT2D eigenvalue weighted by atomic mass is 9.96. The zero-order chi connectivity index (χ0) is 13.1. The van der Waals surface area contributed by atoms with Crippen LogP contribution in [0.1, 0.15) is 30.4 Å². The molecular weight excluding hydrogens is 242 g/mol. The first kappa shape index (κ1) is 12.8. The van der Waals surface area contributed by atoms with Crippen molar-refractivity contribution in [1.82, 2.24) is 5.32 Å². The van der Waals surface area contributed by atoms with E-state index in [1.807, 2.05) is 0 Å². The minimum Gasteiger partial charge on any atom is -0.453 e. The fourth-order valence-electron chi connectivity index (χ4n) is 2.90. The average molecular weight is 263 g/mol. The van der Waals surface area contributed by atoms with Gasteiger partial charge in [-0.2, -0.15) is 0 Å². The van der Waals surface area contributed by atoms with Crippen LogP contribution in [0.25, 0.3) is 0 Å². The summed E-state index contributed by atoms with van der Waals surface area (Å²) in [5.41, 5.74) is 2.31. The summed E-state index contributed by atoms with van der Waals surface area (Å²) in [6.45, 7) is 2.01. The van der Waals surface area contributed by atoms with Gasteiger partial charge in [-0.1, -0.05) is 18.6 Å². The summed E-state index contributed by atoms with van der Waals surface area (Å²) in [4.78, 5) is 0. The summed E-state index contributed by atoms with van der Waals surface area (Å²) in [6.07, 6.45) is 4.87. The zero-order valence-electron chi connectivity index (χ0n) is 11.4. The average Bonchev–Trinajstić information content (AvgIpc) is 2.93. The molecule has 4 nitrogen and oxygen atoms in total. The number of rotatable bonds is 4. The first-order chi connectivity index (χ1) is 9.38. The second-order valence-electron chi connectivity index (χ2n) is 5.23. The molecule has 3 rings (SSSR count). The van der Waals surface area contributed by atoms with Crippen molar-refractivity contribution in [2.45, 2.75) is 38.3 Å². The van der Waals surface area contributed by atoms with Crippen molar-refractivity contribution in [3.8, 4) is 11.5 Å². The van der Waals surface area contributed by atoms with E-state index in [0.29, 0.717) is 19.4 Å². The second-order valence-corrected chi connectivity index (χ2v) is 5.23. The molecular formula is C15H21NO3. The minimum atomic E-state index is 0.321. The number of piperidine rings is 1. The number of hydrogen-bond donors (Lipinski definition) is 1. The van der Waals surface area contributed by atoms with Crippen molar-refractivity contribution in [2.75, 3.05) is 20.4 Å². The molecule has 1 saturated heterocycles. The van der Waals surface area contributed by atoms with E-state index < -0.39 is 0 Å². The van der Waals surface area contributed by atoms with Gasteiger partial charge in [0.25, 0.3) is 0 Å². The highest BCUT2D eigenvalue weighted by molar-refractivity contribution is 5.53. The summed E-state index contributed by atoms with van der Waals surface area (Å²) < 4.78 is 16.4. The van der Waals surface area contributed by atoms with Crippen LogP contribution >= 0.6 is 0 Å². The standard InChI is InChI=1S/C15H21NO3/c1-17-9-12-6-5-11(14-15(12)19-10-18-14)8-13-4-2-3-7-16-13/h5-6,13,16H,2-4,7-10H2,1H3. The van der Waals surface area contributed by atoms with Crippen molar-refractivity contribution < 1.29 is 14.2 Å². The van der Waals surface area contributed by atoms with E-state index in [1.54, 1.807) is 7.11 Å². The Balaban J connectivity index is 1.80. The van der Waals surface area contributed by atoms with Gasteiger partial charge >= 0.3 is 0 Å². The van der Waals surface area contributed by atoms with Gasteiger partial charge < -0.3 is 19.5 Å². The van der Waals surface area contributed by atoms with Gasteiger partial charge in [-0.15, -0.1) is 0 Å². The molecule has 2 heterocycles. The molecule has 19 heavy (non-hydrogen) atoms. The monoisotopic (exact) mass is 263 g/mol. The van der Waals surface area contributed by atoms with Crippen LogP contribution in [0.3, 0.4) is 0 Å². The van der Waals surface area contributed by atoms with Crippen LogP contribution in [-0.2, 0) is 17.8 Å². The van der Waals surface area contributed by atoms with E-state index in [9.17, 15) is 0 Å². The first-order valence-electron chi connectivity index (χ1n) is 7.01. The molecule has 0 amide bonds. The summed E-state index contributed by atoms with van der Waals surface area (Å²) in [5, 5.41) is 3.58. The van der Waals surface area contributed by atoms with E-state index >= 15 is 0 Å². The SMILES string of the molecule is COCc1ccc(CC2CCCCN2)c2c1OCO2. The highest BCUT2D eigenvalue weighted by Crippen LogP contribution is 2.40. The lowest BCUT2D eigenvalue weighted by Crippen LogP contribution is -2.35. The van der Waals surface area contributed by atoms with Crippen molar-refractivity contribution in [3.05, 3.63) is 23.3 Å². The number of ether oxygens (including phenoxy) is 3. The van der Waals surface area contributed by atoms with Crippen LogP contribution in [0.4, 0.5) is 0 Å². The summed E-state index contributed by atoms with van der Waals surface area (Å²) in [7, 11) is 1.70. The number of nitrogens with one attached hydrogen (secondary N) is 1. The molecule has 2 aliphatic rings. The minimum absolute atomic E-state index is 0.321. The number of hydrogen-bond acceptors (Lipinski definition) is 4. The highest BCUT2D eigenvalue weighted by Gasteiger charge is 2.24. The molecule has 0 spiro atoms. The van der Waals surface area contributed by atoms with Gasteiger partial charge in [0.05, 0.1) is 6.61 Å². The molecule has 0 bridgehead atoms. The Kier molecular flexibility index (Phi) is 3.89. The lowest BCUT2D eigenvalue weighted by molar-refractivity contribution is 0.162. The first-order valence-corrected chi connectivity index (χ1v) is 7.01. The van der Waals surface area contributed by atoms with Crippen LogP contribution < -0.4 is 14.8 Å². The lowest BCUT2D eigenvalue weighted by Gasteiger charge is -2.24. The molecule has 1 atom stereocenters. The molecule has 0 saturated carbocycles. The number of fused-ring (bicyclic) bond motifs is 1. The molecule has 1 N–H and O–H groups in total. The molecule has 1 aromatic carbocycles. The Bertz CT molecular complexity index is 441. The van der Waals surface area contributed by atoms with Gasteiger partial charge in [0, 0.05) is 18.7 Å². The van der Waals surface area contributed by atoms with Gasteiger partial charge in [-0.05, 0) is 31.4 Å². The Labute approximate surface area is 114 Å². The van der Waals surface area contributed by atoms with Gasteiger partial charge in [0.2, 0.25) is 6.79 Å². The van der Waals surface area contributed by atoms with Crippen LogP contribution in [0.2, 0.25) is 0 Å². The Hall–Kier alpha value is -1.26. The van der Waals surface area contributed by atoms with Crippen LogP contribution in [0.5, 0.6) is 11.5 Å². The van der Waals surface area contributed by atoms with Crippen molar-refractivity contribution in [1.29, 1.82) is 0 Å². The van der Waals surface area contributed by atoms with E-state index in [2.05, 4.69) is 17.4 Å². The molecule has 0 aromatic heterocycles. The third-order valence-electron chi connectivity index (χ3n) is 3.86. The zero-order valence-corrected chi connectivity index (χ0v) is 11.4. The Morgan fingerprint density at radius 2 is 2.00 bits per heavy atom. The second kappa shape index (κ2) is 5.80. The molecule has 0 aliphatic carbocycles. The fraction of sp³-hybridized carbons (Fsp3) is 0.600. The van der Waals surface area contributed by atoms with Crippen molar-refractivity contribution >= 4 is 0 Å². The van der Waals surface area contributed by atoms with E-state index in [-0.39, 0.29) is 0 Å². The number of methoxy groups -OCH3 is 1.